The minimum atomic E-state index is -4.06. The Morgan fingerprint density at radius 3 is 2.83 bits per heavy atom. The molecule has 8 nitrogen and oxygen atoms in total. The van der Waals surface area contributed by atoms with Crippen LogP contribution in [0.2, 0.25) is 0 Å². The zero-order valence-corrected chi connectivity index (χ0v) is 15.1. The molecule has 0 aliphatic carbocycles. The number of benzene rings is 1. The number of hydrogen-bond acceptors (Lipinski definition) is 8. The van der Waals surface area contributed by atoms with E-state index in [4.69, 9.17) is 0 Å². The van der Waals surface area contributed by atoms with Crippen LogP contribution in [-0.4, -0.2) is 28.5 Å². The van der Waals surface area contributed by atoms with Crippen molar-refractivity contribution in [3.63, 3.8) is 0 Å². The van der Waals surface area contributed by atoms with Crippen LogP contribution in [0.5, 0.6) is 0 Å². The maximum Gasteiger partial charge on any atom is 0.307 e. The van der Waals surface area contributed by atoms with Gasteiger partial charge in [-0.3, -0.25) is 9.59 Å². The van der Waals surface area contributed by atoms with Crippen molar-refractivity contribution in [2.75, 3.05) is 0 Å². The van der Waals surface area contributed by atoms with Crippen molar-refractivity contribution in [2.45, 2.75) is 18.2 Å². The largest absolute Gasteiger partial charge is 0.307 e. The minimum absolute atomic E-state index is 0.0827. The number of rotatable bonds is 4. The van der Waals surface area contributed by atoms with E-state index in [9.17, 15) is 18.0 Å². The minimum Gasteiger partial charge on any atom is -0.302 e. The highest BCUT2D eigenvalue weighted by atomic mass is 32.2. The summed E-state index contributed by atoms with van der Waals surface area (Å²) in [6.07, 6.45) is 0.475. The standard InChI is InChI=1S/C13H12N4O4S3/c1-3-8-11(23-16-14-8)12(18)15-24(20,21)7-4-5-9-10(6-7)22-13(19)17(9)2/h4-6H,3H2,1-2H3,(H,15,18). The van der Waals surface area contributed by atoms with Crippen LogP contribution >= 0.6 is 22.9 Å². The van der Waals surface area contributed by atoms with Crippen LogP contribution in [0, 0.1) is 0 Å². The smallest absolute Gasteiger partial charge is 0.302 e. The number of carbonyl (C=O) groups is 1. The topological polar surface area (TPSA) is 111 Å². The molecule has 0 saturated carbocycles. The molecule has 126 valence electrons. The van der Waals surface area contributed by atoms with Gasteiger partial charge < -0.3 is 4.57 Å². The Bertz CT molecular complexity index is 1090. The van der Waals surface area contributed by atoms with Gasteiger partial charge in [0.1, 0.15) is 4.88 Å². The Hall–Kier alpha value is -2.11. The highest BCUT2D eigenvalue weighted by molar-refractivity contribution is 7.90. The van der Waals surface area contributed by atoms with E-state index >= 15 is 0 Å². The Labute approximate surface area is 145 Å². The summed E-state index contributed by atoms with van der Waals surface area (Å²) in [6.45, 7) is 1.80. The molecule has 0 aliphatic rings. The van der Waals surface area contributed by atoms with Crippen molar-refractivity contribution >= 4 is 49.0 Å². The summed E-state index contributed by atoms with van der Waals surface area (Å²) in [5.74, 6) is -0.761. The molecule has 11 heteroatoms. The molecule has 0 fully saturated rings. The maximum atomic E-state index is 12.4. The van der Waals surface area contributed by atoms with Crippen LogP contribution < -0.4 is 9.60 Å². The Balaban J connectivity index is 1.96. The molecule has 2 aromatic heterocycles. The number of amides is 1. The molecule has 0 saturated heterocycles. The summed E-state index contributed by atoms with van der Waals surface area (Å²) in [6, 6.07) is 4.27. The highest BCUT2D eigenvalue weighted by Gasteiger charge is 2.23. The molecule has 1 aromatic carbocycles. The Morgan fingerprint density at radius 1 is 1.38 bits per heavy atom. The van der Waals surface area contributed by atoms with Crippen molar-refractivity contribution < 1.29 is 13.2 Å². The van der Waals surface area contributed by atoms with Crippen LogP contribution in [0.15, 0.2) is 27.9 Å². The van der Waals surface area contributed by atoms with Crippen LogP contribution in [0.3, 0.4) is 0 Å². The summed E-state index contributed by atoms with van der Waals surface area (Å²) in [5, 5.41) is 3.79. The van der Waals surface area contributed by atoms with E-state index in [0.717, 1.165) is 22.9 Å². The number of thiazole rings is 1. The molecule has 3 rings (SSSR count). The second-order valence-corrected chi connectivity index (χ2v) is 8.32. The molecule has 0 atom stereocenters. The van der Waals surface area contributed by atoms with Crippen molar-refractivity contribution in [2.24, 2.45) is 7.05 Å². The van der Waals surface area contributed by atoms with Gasteiger partial charge in [-0.25, -0.2) is 13.1 Å². The molecule has 24 heavy (non-hydrogen) atoms. The van der Waals surface area contributed by atoms with E-state index < -0.39 is 15.9 Å². The summed E-state index contributed by atoms with van der Waals surface area (Å²) in [7, 11) is -2.45. The third-order valence-electron chi connectivity index (χ3n) is 3.40. The summed E-state index contributed by atoms with van der Waals surface area (Å²) >= 11 is 1.79. The zero-order valence-electron chi connectivity index (χ0n) is 12.6. The molecule has 1 amide bonds. The molecule has 0 aliphatic heterocycles. The number of nitrogens with one attached hydrogen (secondary N) is 1. The average Bonchev–Trinajstić information content (AvgIpc) is 3.12. The maximum absolute atomic E-state index is 12.4. The van der Waals surface area contributed by atoms with Crippen LogP contribution in [0.4, 0.5) is 0 Å². The van der Waals surface area contributed by atoms with Crippen molar-refractivity contribution in [3.05, 3.63) is 38.4 Å². The lowest BCUT2D eigenvalue weighted by molar-refractivity contribution is 0.0984. The highest BCUT2D eigenvalue weighted by Crippen LogP contribution is 2.21. The quantitative estimate of drug-likeness (QED) is 0.722. The van der Waals surface area contributed by atoms with Gasteiger partial charge in [-0.2, -0.15) is 0 Å². The number of aromatic nitrogens is 3. The number of carbonyl (C=O) groups excluding carboxylic acids is 1. The first kappa shape index (κ1) is 16.7. The van der Waals surface area contributed by atoms with Crippen LogP contribution in [0.25, 0.3) is 10.2 Å². The van der Waals surface area contributed by atoms with Crippen molar-refractivity contribution in [1.29, 1.82) is 0 Å². The summed E-state index contributed by atoms with van der Waals surface area (Å²) in [5.41, 5.74) is 1.08. The van der Waals surface area contributed by atoms with E-state index in [0.29, 0.717) is 22.3 Å². The lowest BCUT2D eigenvalue weighted by atomic mass is 10.3. The third-order valence-corrected chi connectivity index (χ3v) is 6.49. The second kappa shape index (κ2) is 6.07. The van der Waals surface area contributed by atoms with Gasteiger partial charge in [-0.1, -0.05) is 22.7 Å². The van der Waals surface area contributed by atoms with Gasteiger partial charge in [0.2, 0.25) is 0 Å². The van der Waals surface area contributed by atoms with Gasteiger partial charge in [-0.05, 0) is 36.2 Å². The van der Waals surface area contributed by atoms with Gasteiger partial charge in [0, 0.05) is 7.05 Å². The monoisotopic (exact) mass is 384 g/mol. The van der Waals surface area contributed by atoms with Crippen molar-refractivity contribution in [3.8, 4) is 0 Å². The Morgan fingerprint density at radius 2 is 2.12 bits per heavy atom. The number of fused-ring (bicyclic) bond motifs is 1. The van der Waals surface area contributed by atoms with E-state index in [-0.39, 0.29) is 14.6 Å². The first-order valence-corrected chi connectivity index (χ1v) is 9.88. The molecule has 3 aromatic rings. The fourth-order valence-electron chi connectivity index (χ4n) is 2.12. The molecular formula is C13H12N4O4S3. The van der Waals surface area contributed by atoms with Crippen LogP contribution in [0.1, 0.15) is 22.3 Å². The molecular weight excluding hydrogens is 372 g/mol. The number of hydrogen-bond donors (Lipinski definition) is 1. The number of aryl methyl sites for hydroxylation is 2. The zero-order chi connectivity index (χ0) is 17.5. The second-order valence-electron chi connectivity index (χ2n) is 4.89. The lowest BCUT2D eigenvalue weighted by Crippen LogP contribution is -2.30. The van der Waals surface area contributed by atoms with Gasteiger partial charge >= 0.3 is 4.87 Å². The van der Waals surface area contributed by atoms with Crippen molar-refractivity contribution in [1.82, 2.24) is 18.9 Å². The molecule has 0 bridgehead atoms. The van der Waals surface area contributed by atoms with Crippen LogP contribution in [-0.2, 0) is 23.5 Å². The van der Waals surface area contributed by atoms with Gasteiger partial charge in [0.05, 0.1) is 20.8 Å². The number of nitrogens with zero attached hydrogens (tertiary/aromatic N) is 3. The fourth-order valence-corrected chi connectivity index (χ4v) is 4.81. The fraction of sp³-hybridized carbons (Fsp3) is 0.231. The normalized spacial score (nSPS) is 11.8. The average molecular weight is 384 g/mol. The van der Waals surface area contributed by atoms with E-state index in [1.165, 1.54) is 22.8 Å². The molecule has 0 unspecified atom stereocenters. The van der Waals surface area contributed by atoms with E-state index in [2.05, 4.69) is 9.59 Å². The lowest BCUT2D eigenvalue weighted by Gasteiger charge is -2.06. The predicted octanol–water partition coefficient (Wildman–Crippen LogP) is 1.13. The first-order chi connectivity index (χ1) is 11.3. The third kappa shape index (κ3) is 2.85. The first-order valence-electron chi connectivity index (χ1n) is 6.81. The molecule has 1 N–H and O–H groups in total. The van der Waals surface area contributed by atoms with E-state index in [1.54, 1.807) is 14.0 Å². The van der Waals surface area contributed by atoms with Gasteiger partial charge in [0.25, 0.3) is 15.9 Å². The molecule has 0 radical (unpaired) electrons. The predicted molar refractivity (Wildman–Crippen MR) is 91.0 cm³/mol. The summed E-state index contributed by atoms with van der Waals surface area (Å²) in [4.78, 5) is 23.7. The molecule has 0 spiro atoms. The van der Waals surface area contributed by atoms with Gasteiger partial charge in [0.15, 0.2) is 0 Å². The SMILES string of the molecule is CCc1nnsc1C(=O)NS(=O)(=O)c1ccc2c(c1)sc(=O)n2C. The summed E-state index contributed by atoms with van der Waals surface area (Å²) < 4.78 is 32.5. The number of sulfonamides is 1. The molecule has 2 heterocycles. The Kier molecular flexibility index (Phi) is 4.24. The van der Waals surface area contributed by atoms with E-state index in [1.807, 2.05) is 4.72 Å². The van der Waals surface area contributed by atoms with Gasteiger partial charge in [-0.15, -0.1) is 5.10 Å².